The number of unbranched alkanes of at least 4 members (excludes halogenated alkanes) is 43. The molecule has 0 rings (SSSR count). The fraction of sp³-hybridized carbons (Fsp3) is 0.949. The lowest BCUT2D eigenvalue weighted by Crippen LogP contribution is -2.30. The van der Waals surface area contributed by atoms with Crippen molar-refractivity contribution in [3.63, 3.8) is 0 Å². The van der Waals surface area contributed by atoms with Crippen LogP contribution >= 0.6 is 15.6 Å². The van der Waals surface area contributed by atoms with Gasteiger partial charge in [-0.3, -0.25) is 37.3 Å². The van der Waals surface area contributed by atoms with Crippen molar-refractivity contribution in [3.8, 4) is 0 Å². The summed E-state index contributed by atoms with van der Waals surface area (Å²) < 4.78 is 68.6. The molecule has 0 spiro atoms. The number of ether oxygens (including phenoxy) is 4. The summed E-state index contributed by atoms with van der Waals surface area (Å²) in [4.78, 5) is 72.9. The molecule has 0 amide bonds. The van der Waals surface area contributed by atoms with Gasteiger partial charge in [0.05, 0.1) is 26.4 Å². The van der Waals surface area contributed by atoms with Crippen LogP contribution in [-0.2, 0) is 65.4 Å². The first-order valence-electron chi connectivity index (χ1n) is 40.4. The van der Waals surface area contributed by atoms with Gasteiger partial charge in [-0.25, -0.2) is 9.13 Å². The summed E-state index contributed by atoms with van der Waals surface area (Å²) in [5, 5.41) is 10.6. The van der Waals surface area contributed by atoms with Crippen LogP contribution in [0.3, 0.4) is 0 Å². The summed E-state index contributed by atoms with van der Waals surface area (Å²) in [7, 11) is -9.92. The highest BCUT2D eigenvalue weighted by atomic mass is 31.2. The zero-order chi connectivity index (χ0) is 71.6. The first kappa shape index (κ1) is 95.1. The number of esters is 4. The lowest BCUT2D eigenvalue weighted by Gasteiger charge is -2.21. The van der Waals surface area contributed by atoms with Crippen molar-refractivity contribution >= 4 is 39.5 Å². The molecule has 0 aliphatic carbocycles. The van der Waals surface area contributed by atoms with Gasteiger partial charge in [0.15, 0.2) is 12.2 Å². The second-order valence-electron chi connectivity index (χ2n) is 29.3. The van der Waals surface area contributed by atoms with Crippen LogP contribution in [0.15, 0.2) is 0 Å². The SMILES string of the molecule is CCCCCCCCCCCCCCCCCCCCCC(=O)O[C@H](COC(=O)CCCCCCCCCCCCCCC(C)C)COP(=O)(O)OC[C@@H](O)COP(=O)(O)OC[C@@H](COC(=O)CCCCCCCCCCC(C)C)OC(=O)CCCCCCCCCCC(C)CC. The number of hydrogen-bond acceptors (Lipinski definition) is 15. The molecular formula is C78H152O17P2. The van der Waals surface area contributed by atoms with E-state index in [9.17, 15) is 43.2 Å². The van der Waals surface area contributed by atoms with Crippen molar-refractivity contribution in [3.05, 3.63) is 0 Å². The van der Waals surface area contributed by atoms with E-state index in [-0.39, 0.29) is 25.7 Å². The molecule has 576 valence electrons. The highest BCUT2D eigenvalue weighted by molar-refractivity contribution is 7.47. The molecule has 0 fully saturated rings. The molecule has 17 nitrogen and oxygen atoms in total. The molecule has 0 heterocycles. The Bertz CT molecular complexity index is 1890. The van der Waals surface area contributed by atoms with Crippen LogP contribution in [0.1, 0.15) is 402 Å². The van der Waals surface area contributed by atoms with Gasteiger partial charge in [-0.05, 0) is 43.4 Å². The first-order chi connectivity index (χ1) is 46.8. The fourth-order valence-corrected chi connectivity index (χ4v) is 13.5. The maximum Gasteiger partial charge on any atom is 0.472 e. The third kappa shape index (κ3) is 70.9. The molecule has 6 atom stereocenters. The average molecular weight is 1420 g/mol. The summed E-state index contributed by atoms with van der Waals surface area (Å²) in [6.07, 6.45) is 55.5. The van der Waals surface area contributed by atoms with Crippen LogP contribution in [-0.4, -0.2) is 96.7 Å². The van der Waals surface area contributed by atoms with E-state index in [4.69, 9.17) is 37.0 Å². The monoisotopic (exact) mass is 1420 g/mol. The predicted octanol–water partition coefficient (Wildman–Crippen LogP) is 23.0. The van der Waals surface area contributed by atoms with Gasteiger partial charge in [0, 0.05) is 25.7 Å². The highest BCUT2D eigenvalue weighted by Gasteiger charge is 2.30. The van der Waals surface area contributed by atoms with Gasteiger partial charge in [0.2, 0.25) is 0 Å². The summed E-state index contributed by atoms with van der Waals surface area (Å²) in [6, 6.07) is 0. The quantitative estimate of drug-likeness (QED) is 0.0222. The molecular weight excluding hydrogens is 1270 g/mol. The molecule has 3 N–H and O–H groups in total. The van der Waals surface area contributed by atoms with Gasteiger partial charge in [0.1, 0.15) is 19.3 Å². The van der Waals surface area contributed by atoms with Crippen molar-refractivity contribution in [1.29, 1.82) is 0 Å². The Balaban J connectivity index is 5.25. The van der Waals surface area contributed by atoms with Crippen LogP contribution in [0.4, 0.5) is 0 Å². The molecule has 19 heteroatoms. The Labute approximate surface area is 594 Å². The molecule has 0 radical (unpaired) electrons. The molecule has 0 bridgehead atoms. The normalized spacial score (nSPS) is 14.3. The Hall–Kier alpha value is -1.94. The summed E-state index contributed by atoms with van der Waals surface area (Å²) >= 11 is 0. The number of rotatable bonds is 76. The maximum atomic E-state index is 13.1. The number of carbonyl (C=O) groups excluding carboxylic acids is 4. The molecule has 0 aliphatic rings. The molecule has 0 aromatic heterocycles. The number of aliphatic hydroxyl groups excluding tert-OH is 1. The molecule has 0 saturated carbocycles. The number of phosphoric acid groups is 2. The second kappa shape index (κ2) is 68.5. The largest absolute Gasteiger partial charge is 0.472 e. The van der Waals surface area contributed by atoms with Gasteiger partial charge >= 0.3 is 39.5 Å². The molecule has 97 heavy (non-hydrogen) atoms. The van der Waals surface area contributed by atoms with Crippen molar-refractivity contribution in [2.24, 2.45) is 17.8 Å². The summed E-state index contributed by atoms with van der Waals surface area (Å²) in [5.74, 6) is 0.161. The molecule has 0 saturated heterocycles. The maximum absolute atomic E-state index is 13.1. The van der Waals surface area contributed by atoms with Crippen molar-refractivity contribution < 1.29 is 80.2 Å². The van der Waals surface area contributed by atoms with E-state index in [1.165, 1.54) is 212 Å². The van der Waals surface area contributed by atoms with Crippen LogP contribution in [0.5, 0.6) is 0 Å². The lowest BCUT2D eigenvalue weighted by atomic mass is 9.99. The van der Waals surface area contributed by atoms with Crippen molar-refractivity contribution in [2.75, 3.05) is 39.6 Å². The minimum atomic E-state index is -4.96. The van der Waals surface area contributed by atoms with Gasteiger partial charge < -0.3 is 33.8 Å². The second-order valence-corrected chi connectivity index (χ2v) is 32.2. The van der Waals surface area contributed by atoms with Crippen LogP contribution in [0.2, 0.25) is 0 Å². The van der Waals surface area contributed by atoms with E-state index in [1.807, 2.05) is 0 Å². The van der Waals surface area contributed by atoms with Crippen molar-refractivity contribution in [2.45, 2.75) is 420 Å². The van der Waals surface area contributed by atoms with Gasteiger partial charge in [-0.1, -0.05) is 350 Å². The highest BCUT2D eigenvalue weighted by Crippen LogP contribution is 2.45. The third-order valence-electron chi connectivity index (χ3n) is 18.5. The Morgan fingerprint density at radius 1 is 0.299 bits per heavy atom. The van der Waals surface area contributed by atoms with Crippen LogP contribution in [0.25, 0.3) is 0 Å². The molecule has 0 aromatic rings. The third-order valence-corrected chi connectivity index (χ3v) is 20.4. The fourth-order valence-electron chi connectivity index (χ4n) is 11.9. The minimum Gasteiger partial charge on any atom is -0.462 e. The molecule has 3 unspecified atom stereocenters. The lowest BCUT2D eigenvalue weighted by molar-refractivity contribution is -0.161. The zero-order valence-electron chi connectivity index (χ0n) is 63.5. The smallest absolute Gasteiger partial charge is 0.462 e. The number of hydrogen-bond donors (Lipinski definition) is 3. The predicted molar refractivity (Wildman–Crippen MR) is 395 cm³/mol. The Morgan fingerprint density at radius 3 is 0.784 bits per heavy atom. The number of aliphatic hydroxyl groups is 1. The molecule has 0 aliphatic heterocycles. The summed E-state index contributed by atoms with van der Waals surface area (Å²) in [6.45, 7) is 11.9. The van der Waals surface area contributed by atoms with Crippen LogP contribution in [0, 0.1) is 17.8 Å². The average Bonchev–Trinajstić information content (AvgIpc) is 1.35. The number of carbonyl (C=O) groups is 4. The zero-order valence-corrected chi connectivity index (χ0v) is 65.3. The minimum absolute atomic E-state index is 0.104. The topological polar surface area (TPSA) is 237 Å². The van der Waals surface area contributed by atoms with E-state index in [2.05, 4.69) is 48.5 Å². The standard InChI is InChI=1S/C78H152O17P2/c1-8-10-11-12-13-14-15-16-17-18-19-20-21-22-27-30-40-47-54-61-77(82)94-73(65-88-75(80)59-52-45-38-29-26-24-23-25-28-35-42-49-56-69(3)4)67-92-96(84,85)90-63-72(79)64-91-97(86,87)93-68-74(66-89-76(81)60-53-46-39-33-31-36-43-50-57-70(5)6)95-78(83)62-55-48-41-34-32-37-44-51-58-71(7)9-2/h69-74,79H,8-68H2,1-7H3,(H,84,85)(H,86,87)/t71?,72-,73-,74-/m1/s1. The van der Waals surface area contributed by atoms with Gasteiger partial charge in [-0.2, -0.15) is 0 Å². The van der Waals surface area contributed by atoms with E-state index in [0.717, 1.165) is 108 Å². The summed E-state index contributed by atoms with van der Waals surface area (Å²) in [5.41, 5.74) is 0. The Morgan fingerprint density at radius 2 is 0.526 bits per heavy atom. The van der Waals surface area contributed by atoms with Crippen LogP contribution < -0.4 is 0 Å². The van der Waals surface area contributed by atoms with E-state index < -0.39 is 97.5 Å². The Kier molecular flexibility index (Phi) is 67.1. The van der Waals surface area contributed by atoms with E-state index in [0.29, 0.717) is 25.7 Å². The van der Waals surface area contributed by atoms with Gasteiger partial charge in [0.25, 0.3) is 0 Å². The first-order valence-corrected chi connectivity index (χ1v) is 43.4. The van der Waals surface area contributed by atoms with Gasteiger partial charge in [-0.15, -0.1) is 0 Å². The van der Waals surface area contributed by atoms with E-state index >= 15 is 0 Å². The molecule has 0 aromatic carbocycles. The van der Waals surface area contributed by atoms with Crippen molar-refractivity contribution in [1.82, 2.24) is 0 Å². The number of phosphoric ester groups is 2. The van der Waals surface area contributed by atoms with E-state index in [1.54, 1.807) is 0 Å².